The second kappa shape index (κ2) is 7.63. The molecule has 0 saturated heterocycles. The van der Waals surface area contributed by atoms with Crippen molar-refractivity contribution >= 4 is 5.97 Å². The SMILES string of the molecule is O=C(O)[C@@H](c1ccc(C2CCCCC2)cc1)[C@@H](O)c1ccccc1. The third kappa shape index (κ3) is 3.68. The molecule has 0 bridgehead atoms. The van der Waals surface area contributed by atoms with Crippen molar-refractivity contribution in [2.24, 2.45) is 0 Å². The molecule has 2 N–H and O–H groups in total. The van der Waals surface area contributed by atoms with Crippen molar-refractivity contribution in [1.82, 2.24) is 0 Å². The van der Waals surface area contributed by atoms with Crippen LogP contribution in [0.5, 0.6) is 0 Å². The normalized spacial score (nSPS) is 18.0. The number of rotatable bonds is 5. The molecule has 2 aromatic rings. The molecule has 0 unspecified atom stereocenters. The van der Waals surface area contributed by atoms with Gasteiger partial charge in [0.2, 0.25) is 0 Å². The number of benzene rings is 2. The van der Waals surface area contributed by atoms with E-state index in [1.807, 2.05) is 42.5 Å². The van der Waals surface area contributed by atoms with Crippen LogP contribution in [0.15, 0.2) is 54.6 Å². The molecule has 0 amide bonds. The van der Waals surface area contributed by atoms with Gasteiger partial charge in [-0.05, 0) is 35.4 Å². The van der Waals surface area contributed by atoms with E-state index in [2.05, 4.69) is 0 Å². The Kier molecular flexibility index (Phi) is 5.31. The number of hydrogen-bond acceptors (Lipinski definition) is 2. The average molecular weight is 324 g/mol. The molecule has 126 valence electrons. The zero-order valence-corrected chi connectivity index (χ0v) is 13.8. The van der Waals surface area contributed by atoms with E-state index in [0.29, 0.717) is 17.0 Å². The van der Waals surface area contributed by atoms with Gasteiger partial charge in [-0.3, -0.25) is 4.79 Å². The largest absolute Gasteiger partial charge is 0.481 e. The molecular weight excluding hydrogens is 300 g/mol. The molecule has 3 nitrogen and oxygen atoms in total. The fourth-order valence-electron chi connectivity index (χ4n) is 3.71. The van der Waals surface area contributed by atoms with Crippen LogP contribution in [0.2, 0.25) is 0 Å². The summed E-state index contributed by atoms with van der Waals surface area (Å²) in [5.74, 6) is -1.36. The maximum Gasteiger partial charge on any atom is 0.314 e. The van der Waals surface area contributed by atoms with Gasteiger partial charge in [-0.2, -0.15) is 0 Å². The Bertz CT molecular complexity index is 657. The summed E-state index contributed by atoms with van der Waals surface area (Å²) in [6, 6.07) is 16.8. The maximum absolute atomic E-state index is 11.7. The van der Waals surface area contributed by atoms with E-state index < -0.39 is 18.0 Å². The van der Waals surface area contributed by atoms with E-state index in [1.165, 1.54) is 37.7 Å². The number of carboxylic acid groups (broad SMARTS) is 1. The van der Waals surface area contributed by atoms with Crippen LogP contribution >= 0.6 is 0 Å². The van der Waals surface area contributed by atoms with Crippen LogP contribution in [0.4, 0.5) is 0 Å². The van der Waals surface area contributed by atoms with Gasteiger partial charge >= 0.3 is 5.97 Å². The molecule has 3 rings (SSSR count). The number of carboxylic acids is 1. The molecule has 0 heterocycles. The van der Waals surface area contributed by atoms with Crippen molar-refractivity contribution in [3.05, 3.63) is 71.3 Å². The summed E-state index contributed by atoms with van der Waals surface area (Å²) >= 11 is 0. The van der Waals surface area contributed by atoms with Crippen LogP contribution in [0.1, 0.15) is 66.7 Å². The highest BCUT2D eigenvalue weighted by Crippen LogP contribution is 2.35. The highest BCUT2D eigenvalue weighted by Gasteiger charge is 2.29. The first-order chi connectivity index (χ1) is 11.7. The fraction of sp³-hybridized carbons (Fsp3) is 0.381. The summed E-state index contributed by atoms with van der Waals surface area (Å²) in [4.78, 5) is 11.7. The summed E-state index contributed by atoms with van der Waals surface area (Å²) in [6.07, 6.45) is 5.25. The van der Waals surface area contributed by atoms with E-state index in [-0.39, 0.29) is 0 Å². The van der Waals surface area contributed by atoms with E-state index >= 15 is 0 Å². The maximum atomic E-state index is 11.7. The first-order valence-corrected chi connectivity index (χ1v) is 8.72. The average Bonchev–Trinajstić information content (AvgIpc) is 2.63. The third-order valence-corrected chi connectivity index (χ3v) is 5.10. The molecule has 24 heavy (non-hydrogen) atoms. The third-order valence-electron chi connectivity index (χ3n) is 5.10. The number of aliphatic carboxylic acids is 1. The molecule has 1 saturated carbocycles. The Balaban J connectivity index is 1.82. The summed E-state index contributed by atoms with van der Waals surface area (Å²) in [5.41, 5.74) is 2.57. The molecule has 2 atom stereocenters. The van der Waals surface area contributed by atoms with E-state index in [4.69, 9.17) is 0 Å². The van der Waals surface area contributed by atoms with E-state index in [0.717, 1.165) is 0 Å². The minimum atomic E-state index is -1.05. The highest BCUT2D eigenvalue weighted by molar-refractivity contribution is 5.77. The summed E-state index contributed by atoms with van der Waals surface area (Å²) < 4.78 is 0. The van der Waals surface area contributed by atoms with Gasteiger partial charge in [0.15, 0.2) is 0 Å². The standard InChI is InChI=1S/C21H24O3/c22-20(18-9-5-2-6-10-18)19(21(23)24)17-13-11-16(12-14-17)15-7-3-1-4-8-15/h2,5-6,9-15,19-20,22H,1,3-4,7-8H2,(H,23,24)/t19-,20-/m0/s1. The minimum Gasteiger partial charge on any atom is -0.481 e. The van der Waals surface area contributed by atoms with Gasteiger partial charge in [-0.1, -0.05) is 73.9 Å². The lowest BCUT2D eigenvalue weighted by Gasteiger charge is -2.23. The highest BCUT2D eigenvalue weighted by atomic mass is 16.4. The Morgan fingerprint density at radius 2 is 1.50 bits per heavy atom. The van der Waals surface area contributed by atoms with Crippen LogP contribution in [0, 0.1) is 0 Å². The Hall–Kier alpha value is -2.13. The molecule has 0 spiro atoms. The fourth-order valence-corrected chi connectivity index (χ4v) is 3.71. The lowest BCUT2D eigenvalue weighted by molar-refractivity contribution is -0.141. The van der Waals surface area contributed by atoms with Crippen LogP contribution in [0.3, 0.4) is 0 Å². The van der Waals surface area contributed by atoms with Crippen molar-refractivity contribution in [2.75, 3.05) is 0 Å². The van der Waals surface area contributed by atoms with Gasteiger partial charge in [0, 0.05) is 0 Å². The zero-order chi connectivity index (χ0) is 16.9. The van der Waals surface area contributed by atoms with Crippen LogP contribution < -0.4 is 0 Å². The molecule has 0 aromatic heterocycles. The lowest BCUT2D eigenvalue weighted by Crippen LogP contribution is -2.20. The summed E-state index contributed by atoms with van der Waals surface area (Å²) in [5, 5.41) is 20.2. The molecule has 2 aromatic carbocycles. The minimum absolute atomic E-state index is 0.593. The van der Waals surface area contributed by atoms with Gasteiger partial charge in [-0.25, -0.2) is 0 Å². The molecule has 1 fully saturated rings. The van der Waals surface area contributed by atoms with Gasteiger partial charge < -0.3 is 10.2 Å². The van der Waals surface area contributed by atoms with Crippen molar-refractivity contribution < 1.29 is 15.0 Å². The molecule has 1 aliphatic rings. The van der Waals surface area contributed by atoms with Crippen LogP contribution in [-0.4, -0.2) is 16.2 Å². The predicted molar refractivity (Wildman–Crippen MR) is 94.0 cm³/mol. The second-order valence-corrected chi connectivity index (χ2v) is 6.67. The predicted octanol–water partition coefficient (Wildman–Crippen LogP) is 4.64. The first-order valence-electron chi connectivity index (χ1n) is 8.72. The topological polar surface area (TPSA) is 57.5 Å². The molecular formula is C21H24O3. The van der Waals surface area contributed by atoms with Gasteiger partial charge in [0.1, 0.15) is 5.92 Å². The number of aliphatic hydroxyl groups is 1. The number of hydrogen-bond donors (Lipinski definition) is 2. The monoisotopic (exact) mass is 324 g/mol. The van der Waals surface area contributed by atoms with Gasteiger partial charge in [0.25, 0.3) is 0 Å². The Morgan fingerprint density at radius 3 is 2.08 bits per heavy atom. The van der Waals surface area contributed by atoms with Crippen LogP contribution in [-0.2, 0) is 4.79 Å². The second-order valence-electron chi connectivity index (χ2n) is 6.67. The smallest absolute Gasteiger partial charge is 0.314 e. The Morgan fingerprint density at radius 1 is 0.875 bits per heavy atom. The Labute approximate surface area is 143 Å². The number of carbonyl (C=O) groups is 1. The van der Waals surface area contributed by atoms with Crippen molar-refractivity contribution in [1.29, 1.82) is 0 Å². The molecule has 1 aliphatic carbocycles. The molecule has 3 heteroatoms. The molecule has 0 radical (unpaired) electrons. The quantitative estimate of drug-likeness (QED) is 0.842. The van der Waals surface area contributed by atoms with Crippen molar-refractivity contribution in [2.45, 2.75) is 50.0 Å². The van der Waals surface area contributed by atoms with E-state index in [1.54, 1.807) is 12.1 Å². The van der Waals surface area contributed by atoms with Crippen LogP contribution in [0.25, 0.3) is 0 Å². The van der Waals surface area contributed by atoms with E-state index in [9.17, 15) is 15.0 Å². The van der Waals surface area contributed by atoms with Gasteiger partial charge in [0.05, 0.1) is 6.10 Å². The zero-order valence-electron chi connectivity index (χ0n) is 13.8. The number of aliphatic hydroxyl groups excluding tert-OH is 1. The first kappa shape index (κ1) is 16.7. The lowest BCUT2D eigenvalue weighted by atomic mass is 9.82. The van der Waals surface area contributed by atoms with Crippen molar-refractivity contribution in [3.63, 3.8) is 0 Å². The summed E-state index contributed by atoms with van der Waals surface area (Å²) in [7, 11) is 0. The molecule has 0 aliphatic heterocycles. The van der Waals surface area contributed by atoms with Gasteiger partial charge in [-0.15, -0.1) is 0 Å². The van der Waals surface area contributed by atoms with Crippen molar-refractivity contribution in [3.8, 4) is 0 Å². The summed E-state index contributed by atoms with van der Waals surface area (Å²) in [6.45, 7) is 0.